The van der Waals surface area contributed by atoms with Crippen molar-refractivity contribution in [2.24, 2.45) is 0 Å². The molecule has 0 aromatic rings. The Morgan fingerprint density at radius 1 is 1.78 bits per heavy atom. The summed E-state index contributed by atoms with van der Waals surface area (Å²) in [7, 11) is 2.32. The first kappa shape index (κ1) is 8.55. The van der Waals surface area contributed by atoms with Gasteiger partial charge in [-0.2, -0.15) is 5.26 Å². The topological polar surface area (TPSA) is 50.1 Å². The molecule has 0 saturated heterocycles. The van der Waals surface area contributed by atoms with Gasteiger partial charge < -0.3 is 4.74 Å². The Balaban J connectivity index is 3.19. The summed E-state index contributed by atoms with van der Waals surface area (Å²) in [4.78, 5) is 10.4. The first-order chi connectivity index (χ1) is 4.31. The summed E-state index contributed by atoms with van der Waals surface area (Å²) < 4.78 is 4.71. The molecule has 0 amide bonds. The molecule has 4 heteroatoms. The number of rotatable bonds is 4. The van der Waals surface area contributed by atoms with E-state index in [2.05, 4.69) is 9.24 Å². The highest BCUT2D eigenvalue weighted by Crippen LogP contribution is 1.86. The molecule has 0 heterocycles. The first-order valence-corrected chi connectivity index (χ1v) is 3.29. The molecule has 0 aliphatic rings. The van der Waals surface area contributed by atoms with E-state index in [1.54, 1.807) is 6.07 Å². The van der Waals surface area contributed by atoms with Crippen LogP contribution in [0.2, 0.25) is 0 Å². The fourth-order valence-electron chi connectivity index (χ4n) is 0.312. The number of hydrogen-bond acceptors (Lipinski definition) is 3. The molecule has 50 valence electrons. The van der Waals surface area contributed by atoms with Crippen LogP contribution in [0.4, 0.5) is 0 Å². The van der Waals surface area contributed by atoms with Crippen molar-refractivity contribution in [3.63, 3.8) is 0 Å². The van der Waals surface area contributed by atoms with E-state index >= 15 is 0 Å². The number of nitrogens with zero attached hydrogens (tertiary/aromatic N) is 1. The highest BCUT2D eigenvalue weighted by molar-refractivity contribution is 7.16. The van der Waals surface area contributed by atoms with E-state index in [-0.39, 0.29) is 18.8 Å². The number of ether oxygens (including phenoxy) is 1. The standard InChI is InChI=1S/C5H8NO2P/c6-2-1-5(7)3-8-4-9/h1,3-4,9H2. The largest absolute Gasteiger partial charge is 0.370 e. The van der Waals surface area contributed by atoms with Gasteiger partial charge in [0.2, 0.25) is 0 Å². The van der Waals surface area contributed by atoms with Crippen LogP contribution in [0, 0.1) is 11.3 Å². The normalized spacial score (nSPS) is 8.44. The maximum Gasteiger partial charge on any atom is 0.172 e. The first-order valence-electron chi connectivity index (χ1n) is 2.47. The van der Waals surface area contributed by atoms with Crippen LogP contribution in [-0.4, -0.2) is 18.7 Å². The fraction of sp³-hybridized carbons (Fsp3) is 0.600. The van der Waals surface area contributed by atoms with Gasteiger partial charge in [0.25, 0.3) is 0 Å². The van der Waals surface area contributed by atoms with Gasteiger partial charge in [0.15, 0.2) is 5.78 Å². The molecular weight excluding hydrogens is 137 g/mol. The smallest absolute Gasteiger partial charge is 0.172 e. The van der Waals surface area contributed by atoms with Gasteiger partial charge in [0.05, 0.1) is 18.8 Å². The molecule has 0 saturated carbocycles. The predicted molar refractivity (Wildman–Crippen MR) is 35.8 cm³/mol. The third kappa shape index (κ3) is 5.42. The fourth-order valence-corrected chi connectivity index (χ4v) is 0.430. The zero-order valence-electron chi connectivity index (χ0n) is 4.96. The Hall–Kier alpha value is -0.450. The second-order valence-electron chi connectivity index (χ2n) is 1.39. The van der Waals surface area contributed by atoms with Gasteiger partial charge in [-0.25, -0.2) is 0 Å². The molecule has 0 fully saturated rings. The number of carbonyl (C=O) groups is 1. The predicted octanol–water partition coefficient (Wildman–Crippen LogP) is 0.318. The molecule has 0 aromatic heterocycles. The van der Waals surface area contributed by atoms with E-state index < -0.39 is 0 Å². The monoisotopic (exact) mass is 145 g/mol. The summed E-state index contributed by atoms with van der Waals surface area (Å²) in [6.07, 6.45) is 0.391. The lowest BCUT2D eigenvalue weighted by atomic mass is 10.3. The van der Waals surface area contributed by atoms with Gasteiger partial charge in [0, 0.05) is 0 Å². The van der Waals surface area contributed by atoms with E-state index in [1.807, 2.05) is 0 Å². The quantitative estimate of drug-likeness (QED) is 0.535. The second kappa shape index (κ2) is 5.68. The highest BCUT2D eigenvalue weighted by atomic mass is 31.0. The summed E-state index contributed by atoms with van der Waals surface area (Å²) in [5.41, 5.74) is 0. The summed E-state index contributed by atoms with van der Waals surface area (Å²) >= 11 is 0. The number of hydrogen-bond donors (Lipinski definition) is 0. The molecule has 0 spiro atoms. The van der Waals surface area contributed by atoms with Crippen LogP contribution in [0.3, 0.4) is 0 Å². The van der Waals surface area contributed by atoms with Crippen molar-refractivity contribution in [2.75, 3.05) is 13.0 Å². The maximum absolute atomic E-state index is 10.4. The molecule has 1 atom stereocenters. The van der Waals surface area contributed by atoms with Crippen LogP contribution < -0.4 is 0 Å². The van der Waals surface area contributed by atoms with Crippen molar-refractivity contribution in [1.29, 1.82) is 5.26 Å². The van der Waals surface area contributed by atoms with Crippen LogP contribution in [0.25, 0.3) is 0 Å². The minimum atomic E-state index is -0.167. The minimum absolute atomic E-state index is 0.0509. The Bertz CT molecular complexity index is 129. The molecule has 0 aliphatic carbocycles. The van der Waals surface area contributed by atoms with Crippen LogP contribution >= 0.6 is 9.24 Å². The van der Waals surface area contributed by atoms with Gasteiger partial charge in [0.1, 0.15) is 6.61 Å². The number of ketones is 1. The van der Waals surface area contributed by atoms with Crippen molar-refractivity contribution in [2.45, 2.75) is 6.42 Å². The van der Waals surface area contributed by atoms with E-state index in [4.69, 9.17) is 10.00 Å². The van der Waals surface area contributed by atoms with Gasteiger partial charge in [-0.15, -0.1) is 9.24 Å². The molecular formula is C5H8NO2P. The average molecular weight is 145 g/mol. The molecule has 3 nitrogen and oxygen atoms in total. The Morgan fingerprint density at radius 3 is 2.89 bits per heavy atom. The van der Waals surface area contributed by atoms with Crippen LogP contribution in [0.15, 0.2) is 0 Å². The Kier molecular flexibility index (Phi) is 5.40. The number of Topliss-reactive ketones (excluding diaryl/α,β-unsaturated/α-hetero) is 1. The molecule has 9 heavy (non-hydrogen) atoms. The molecule has 0 N–H and O–H groups in total. The van der Waals surface area contributed by atoms with Crippen LogP contribution in [-0.2, 0) is 9.53 Å². The zero-order chi connectivity index (χ0) is 7.11. The lowest BCUT2D eigenvalue weighted by molar-refractivity contribution is -0.121. The number of nitriles is 1. The van der Waals surface area contributed by atoms with E-state index in [1.165, 1.54) is 0 Å². The summed E-state index contributed by atoms with van der Waals surface area (Å²) in [5.74, 6) is -0.167. The van der Waals surface area contributed by atoms with Gasteiger partial charge in [-0.1, -0.05) is 0 Å². The van der Waals surface area contributed by atoms with Gasteiger partial charge in [-0.05, 0) is 0 Å². The summed E-state index contributed by atoms with van der Waals surface area (Å²) in [6, 6.07) is 1.74. The molecule has 0 radical (unpaired) electrons. The SMILES string of the molecule is N#CCC(=O)COCP. The number of carbonyl (C=O) groups excluding carboxylic acids is 1. The van der Waals surface area contributed by atoms with Crippen LogP contribution in [0.5, 0.6) is 0 Å². The molecule has 0 rings (SSSR count). The van der Waals surface area contributed by atoms with E-state index in [0.717, 1.165) is 0 Å². The van der Waals surface area contributed by atoms with Gasteiger partial charge in [-0.3, -0.25) is 4.79 Å². The summed E-state index contributed by atoms with van der Waals surface area (Å²) in [6.45, 7) is 0.0526. The summed E-state index contributed by atoms with van der Waals surface area (Å²) in [5, 5.41) is 8.00. The van der Waals surface area contributed by atoms with Crippen molar-refractivity contribution < 1.29 is 9.53 Å². The average Bonchev–Trinajstić information content (AvgIpc) is 1.85. The van der Waals surface area contributed by atoms with Crippen molar-refractivity contribution in [1.82, 2.24) is 0 Å². The molecule has 0 aromatic carbocycles. The van der Waals surface area contributed by atoms with Crippen molar-refractivity contribution >= 4 is 15.0 Å². The Labute approximate surface area is 56.2 Å². The lowest BCUT2D eigenvalue weighted by Gasteiger charge is -1.93. The van der Waals surface area contributed by atoms with Crippen molar-refractivity contribution in [3.8, 4) is 6.07 Å². The van der Waals surface area contributed by atoms with E-state index in [9.17, 15) is 4.79 Å². The van der Waals surface area contributed by atoms with Gasteiger partial charge >= 0.3 is 0 Å². The second-order valence-corrected chi connectivity index (χ2v) is 1.72. The zero-order valence-corrected chi connectivity index (χ0v) is 6.12. The molecule has 0 bridgehead atoms. The third-order valence-electron chi connectivity index (χ3n) is 0.657. The lowest BCUT2D eigenvalue weighted by Crippen LogP contribution is -2.05. The molecule has 1 unspecified atom stereocenters. The minimum Gasteiger partial charge on any atom is -0.370 e. The molecule has 0 aliphatic heterocycles. The van der Waals surface area contributed by atoms with E-state index in [0.29, 0.717) is 6.35 Å². The maximum atomic E-state index is 10.4. The van der Waals surface area contributed by atoms with Crippen LogP contribution in [0.1, 0.15) is 6.42 Å². The highest BCUT2D eigenvalue weighted by Gasteiger charge is 1.97. The van der Waals surface area contributed by atoms with Crippen molar-refractivity contribution in [3.05, 3.63) is 0 Å². The Morgan fingerprint density at radius 2 is 2.44 bits per heavy atom. The third-order valence-corrected chi connectivity index (χ3v) is 0.893.